The van der Waals surface area contributed by atoms with E-state index in [0.29, 0.717) is 23.8 Å². The topological polar surface area (TPSA) is 70.9 Å². The molecule has 18 heavy (non-hydrogen) atoms. The Balaban J connectivity index is 1.91. The van der Waals surface area contributed by atoms with E-state index in [4.69, 9.17) is 11.6 Å². The summed E-state index contributed by atoms with van der Waals surface area (Å²) in [4.78, 5) is 4.03. The highest BCUT2D eigenvalue weighted by Gasteiger charge is 2.38. The second-order valence-electron chi connectivity index (χ2n) is 5.01. The summed E-state index contributed by atoms with van der Waals surface area (Å²) in [5, 5.41) is 23.0. The maximum atomic E-state index is 9.71. The zero-order valence-corrected chi connectivity index (χ0v) is 10.6. The molecule has 0 radical (unpaired) electrons. The molecule has 2 heterocycles. The molecule has 2 N–H and O–H groups in total. The largest absolute Gasteiger partial charge is 0.390 e. The van der Waals surface area contributed by atoms with E-state index in [1.54, 1.807) is 12.4 Å². The smallest absolute Gasteiger partial charge is 0.161 e. The van der Waals surface area contributed by atoms with Crippen molar-refractivity contribution < 1.29 is 5.11 Å². The van der Waals surface area contributed by atoms with Crippen LogP contribution in [0.5, 0.6) is 0 Å². The van der Waals surface area contributed by atoms with E-state index in [1.807, 2.05) is 13.0 Å². The molecule has 2 aromatic rings. The Morgan fingerprint density at radius 2 is 2.17 bits per heavy atom. The van der Waals surface area contributed by atoms with Crippen molar-refractivity contribution in [3.05, 3.63) is 23.6 Å². The Bertz CT molecular complexity index is 594. The van der Waals surface area contributed by atoms with Crippen LogP contribution in [0, 0.1) is 0 Å². The van der Waals surface area contributed by atoms with Gasteiger partial charge in [0.15, 0.2) is 11.0 Å². The van der Waals surface area contributed by atoms with Crippen LogP contribution in [0.4, 0.5) is 5.82 Å². The van der Waals surface area contributed by atoms with Crippen molar-refractivity contribution in [1.29, 1.82) is 0 Å². The number of hydrogen-bond acceptors (Lipinski definition) is 5. The van der Waals surface area contributed by atoms with Crippen LogP contribution in [0.2, 0.25) is 5.15 Å². The molecule has 0 amide bonds. The van der Waals surface area contributed by atoms with E-state index in [9.17, 15) is 5.11 Å². The van der Waals surface area contributed by atoms with Gasteiger partial charge in [0.05, 0.1) is 5.60 Å². The van der Waals surface area contributed by atoms with Crippen molar-refractivity contribution in [3.63, 3.8) is 0 Å². The Morgan fingerprint density at radius 3 is 2.89 bits per heavy atom. The highest BCUT2D eigenvalue weighted by Crippen LogP contribution is 2.35. The minimum atomic E-state index is -0.561. The van der Waals surface area contributed by atoms with Gasteiger partial charge in [-0.05, 0) is 25.8 Å². The van der Waals surface area contributed by atoms with Gasteiger partial charge in [0.2, 0.25) is 0 Å². The fourth-order valence-corrected chi connectivity index (χ4v) is 2.56. The minimum absolute atomic E-state index is 0.229. The van der Waals surface area contributed by atoms with E-state index >= 15 is 0 Å². The lowest BCUT2D eigenvalue weighted by molar-refractivity contribution is -0.0235. The number of pyridine rings is 1. The number of fused-ring (bicyclic) bond motifs is 1. The maximum absolute atomic E-state index is 9.71. The third-order valence-electron chi connectivity index (χ3n) is 3.25. The summed E-state index contributed by atoms with van der Waals surface area (Å²) in [5.41, 5.74) is -0.561. The SMILES string of the molecule is CC1(O)CC(Nc2nnc(Cl)c3cnccc23)C1. The first-order chi connectivity index (χ1) is 8.55. The average Bonchev–Trinajstić information content (AvgIpc) is 2.31. The van der Waals surface area contributed by atoms with Crippen LogP contribution in [0.1, 0.15) is 19.8 Å². The van der Waals surface area contributed by atoms with E-state index in [0.717, 1.165) is 10.8 Å². The highest BCUT2D eigenvalue weighted by molar-refractivity contribution is 6.34. The van der Waals surface area contributed by atoms with Crippen molar-refractivity contribution in [2.24, 2.45) is 0 Å². The summed E-state index contributed by atoms with van der Waals surface area (Å²) < 4.78 is 0. The molecule has 1 saturated carbocycles. The molecule has 5 nitrogen and oxygen atoms in total. The normalized spacial score (nSPS) is 26.9. The van der Waals surface area contributed by atoms with E-state index in [2.05, 4.69) is 20.5 Å². The first-order valence-corrected chi connectivity index (χ1v) is 6.18. The summed E-state index contributed by atoms with van der Waals surface area (Å²) in [5.74, 6) is 0.692. The Labute approximate surface area is 109 Å². The maximum Gasteiger partial charge on any atom is 0.161 e. The van der Waals surface area contributed by atoms with Gasteiger partial charge in [-0.2, -0.15) is 0 Å². The van der Waals surface area contributed by atoms with Gasteiger partial charge in [0, 0.05) is 29.2 Å². The molecular formula is C12H13ClN4O. The summed E-state index contributed by atoms with van der Waals surface area (Å²) in [6, 6.07) is 2.08. The number of rotatable bonds is 2. The predicted molar refractivity (Wildman–Crippen MR) is 69.6 cm³/mol. The van der Waals surface area contributed by atoms with Crippen molar-refractivity contribution in [2.45, 2.75) is 31.4 Å². The quantitative estimate of drug-likeness (QED) is 0.868. The molecule has 1 fully saturated rings. The van der Waals surface area contributed by atoms with Crippen LogP contribution in [-0.2, 0) is 0 Å². The lowest BCUT2D eigenvalue weighted by Gasteiger charge is -2.41. The molecule has 1 aliphatic carbocycles. The van der Waals surface area contributed by atoms with Gasteiger partial charge in [-0.15, -0.1) is 10.2 Å². The van der Waals surface area contributed by atoms with Crippen LogP contribution >= 0.6 is 11.6 Å². The molecule has 0 saturated heterocycles. The molecule has 0 atom stereocenters. The molecular weight excluding hydrogens is 252 g/mol. The van der Waals surface area contributed by atoms with Crippen LogP contribution in [0.25, 0.3) is 10.8 Å². The molecule has 0 spiro atoms. The van der Waals surface area contributed by atoms with Gasteiger partial charge in [-0.3, -0.25) is 4.98 Å². The van der Waals surface area contributed by atoms with Gasteiger partial charge in [-0.1, -0.05) is 11.6 Å². The second-order valence-corrected chi connectivity index (χ2v) is 5.37. The molecule has 1 aliphatic rings. The Morgan fingerprint density at radius 1 is 1.39 bits per heavy atom. The number of nitrogens with zero attached hydrogens (tertiary/aromatic N) is 3. The fraction of sp³-hybridized carbons (Fsp3) is 0.417. The van der Waals surface area contributed by atoms with Crippen molar-refractivity contribution in [1.82, 2.24) is 15.2 Å². The monoisotopic (exact) mass is 264 g/mol. The Hall–Kier alpha value is -1.46. The summed E-state index contributed by atoms with van der Waals surface area (Å²) in [6.07, 6.45) is 4.80. The van der Waals surface area contributed by atoms with Crippen molar-refractivity contribution >= 4 is 28.2 Å². The van der Waals surface area contributed by atoms with Gasteiger partial charge in [-0.25, -0.2) is 0 Å². The van der Waals surface area contributed by atoms with Gasteiger partial charge in [0.1, 0.15) is 0 Å². The Kier molecular flexibility index (Phi) is 2.60. The molecule has 0 unspecified atom stereocenters. The fourth-order valence-electron chi connectivity index (χ4n) is 2.37. The summed E-state index contributed by atoms with van der Waals surface area (Å²) in [6.45, 7) is 1.83. The second kappa shape index (κ2) is 4.03. The summed E-state index contributed by atoms with van der Waals surface area (Å²) >= 11 is 5.98. The van der Waals surface area contributed by atoms with Crippen LogP contribution in [0.15, 0.2) is 18.5 Å². The molecule has 2 aromatic heterocycles. The zero-order valence-electron chi connectivity index (χ0n) is 9.89. The zero-order chi connectivity index (χ0) is 12.8. The number of anilines is 1. The van der Waals surface area contributed by atoms with Gasteiger partial charge < -0.3 is 10.4 Å². The lowest BCUT2D eigenvalue weighted by Crippen LogP contribution is -2.48. The van der Waals surface area contributed by atoms with Crippen molar-refractivity contribution in [3.8, 4) is 0 Å². The van der Waals surface area contributed by atoms with Gasteiger partial charge in [0.25, 0.3) is 0 Å². The molecule has 0 bridgehead atoms. The van der Waals surface area contributed by atoms with E-state index in [1.165, 1.54) is 0 Å². The summed E-state index contributed by atoms with van der Waals surface area (Å²) in [7, 11) is 0. The first kappa shape index (κ1) is 11.6. The minimum Gasteiger partial charge on any atom is -0.390 e. The third kappa shape index (κ3) is 2.00. The van der Waals surface area contributed by atoms with Crippen LogP contribution in [0.3, 0.4) is 0 Å². The number of nitrogens with one attached hydrogen (secondary N) is 1. The molecule has 3 rings (SSSR count). The predicted octanol–water partition coefficient (Wildman–Crippen LogP) is 2.00. The number of aromatic nitrogens is 3. The standard InChI is InChI=1S/C12H13ClN4O/c1-12(18)4-7(5-12)15-11-8-2-3-14-6-9(8)10(13)16-17-11/h2-3,6-7,18H,4-5H2,1H3,(H,15,17). The molecule has 6 heteroatoms. The van der Waals surface area contributed by atoms with E-state index < -0.39 is 5.60 Å². The lowest BCUT2D eigenvalue weighted by atomic mass is 9.77. The molecule has 0 aromatic carbocycles. The molecule has 94 valence electrons. The number of aliphatic hydroxyl groups is 1. The average molecular weight is 265 g/mol. The number of hydrogen-bond donors (Lipinski definition) is 2. The van der Waals surface area contributed by atoms with Crippen molar-refractivity contribution in [2.75, 3.05) is 5.32 Å². The highest BCUT2D eigenvalue weighted by atomic mass is 35.5. The third-order valence-corrected chi connectivity index (χ3v) is 3.53. The van der Waals surface area contributed by atoms with E-state index in [-0.39, 0.29) is 6.04 Å². The number of halogens is 1. The molecule has 0 aliphatic heterocycles. The van der Waals surface area contributed by atoms with Crippen LogP contribution < -0.4 is 5.32 Å². The first-order valence-electron chi connectivity index (χ1n) is 5.80. The van der Waals surface area contributed by atoms with Crippen LogP contribution in [-0.4, -0.2) is 31.9 Å². The van der Waals surface area contributed by atoms with Gasteiger partial charge >= 0.3 is 0 Å².